The van der Waals surface area contributed by atoms with Gasteiger partial charge in [0, 0.05) is 13.1 Å². The number of sulfonamides is 1. The number of methoxy groups -OCH3 is 1. The van der Waals surface area contributed by atoms with E-state index in [4.69, 9.17) is 0 Å². The molecule has 1 rings (SSSR count). The normalized spacial score (nSPS) is 11.4. The van der Waals surface area contributed by atoms with Gasteiger partial charge in [-0.05, 0) is 0 Å². The Balaban J connectivity index is 2.61. The third-order valence-corrected chi connectivity index (χ3v) is 2.36. The summed E-state index contributed by atoms with van der Waals surface area (Å²) in [5.41, 5.74) is 0. The number of nitrogens with zero attached hydrogens (tertiary/aromatic N) is 3. The van der Waals surface area contributed by atoms with Gasteiger partial charge >= 0.3 is 5.97 Å². The van der Waals surface area contributed by atoms with Gasteiger partial charge in [0.2, 0.25) is 22.2 Å². The Morgan fingerprint density at radius 2 is 2.31 bits per heavy atom. The highest BCUT2D eigenvalue weighted by molar-refractivity contribution is 7.88. The van der Waals surface area contributed by atoms with E-state index in [9.17, 15) is 13.2 Å². The number of aromatic nitrogens is 3. The van der Waals surface area contributed by atoms with E-state index in [2.05, 4.69) is 26.0 Å². The van der Waals surface area contributed by atoms with Crippen LogP contribution in [0.2, 0.25) is 0 Å². The summed E-state index contributed by atoms with van der Waals surface area (Å²) in [5.74, 6) is -0.661. The fraction of sp³-hybridized carbons (Fsp3) is 0.571. The van der Waals surface area contributed by atoms with E-state index in [1.165, 1.54) is 11.7 Å². The van der Waals surface area contributed by atoms with Crippen LogP contribution in [-0.4, -0.2) is 49.1 Å². The fourth-order valence-corrected chi connectivity index (χ4v) is 1.43. The van der Waals surface area contributed by atoms with E-state index in [0.717, 1.165) is 6.26 Å². The number of ether oxygens (including phenoxy) is 1. The van der Waals surface area contributed by atoms with Gasteiger partial charge in [0.05, 0.1) is 13.4 Å². The molecule has 1 heterocycles. The maximum atomic E-state index is 11.2. The number of hydrogen-bond donors (Lipinski definition) is 1. The molecule has 0 aliphatic heterocycles. The minimum Gasteiger partial charge on any atom is -0.463 e. The van der Waals surface area contributed by atoms with E-state index in [1.807, 2.05) is 0 Å². The molecule has 0 aromatic carbocycles. The van der Waals surface area contributed by atoms with Gasteiger partial charge in [-0.1, -0.05) is 0 Å². The summed E-state index contributed by atoms with van der Waals surface area (Å²) in [6, 6.07) is 0. The first kappa shape index (κ1) is 12.6. The van der Waals surface area contributed by atoms with Gasteiger partial charge < -0.3 is 4.74 Å². The highest BCUT2D eigenvalue weighted by atomic mass is 32.2. The second kappa shape index (κ2) is 5.03. The molecule has 1 aromatic rings. The van der Waals surface area contributed by atoms with Crippen LogP contribution in [0, 0.1) is 6.33 Å². The summed E-state index contributed by atoms with van der Waals surface area (Å²) >= 11 is 0. The average molecular weight is 247 g/mol. The zero-order valence-electron chi connectivity index (χ0n) is 8.80. The minimum absolute atomic E-state index is 0.0159. The molecule has 0 aliphatic rings. The van der Waals surface area contributed by atoms with Crippen LogP contribution in [0.3, 0.4) is 0 Å². The van der Waals surface area contributed by atoms with Crippen LogP contribution in [0.1, 0.15) is 10.6 Å². The molecule has 0 aliphatic carbocycles. The van der Waals surface area contributed by atoms with Gasteiger partial charge in [0.1, 0.15) is 0 Å². The van der Waals surface area contributed by atoms with Gasteiger partial charge in [-0.25, -0.2) is 17.9 Å². The number of carbonyl (C=O) groups excluding carboxylic acids is 1. The summed E-state index contributed by atoms with van der Waals surface area (Å²) < 4.78 is 29.6. The first-order chi connectivity index (χ1) is 7.44. The largest absolute Gasteiger partial charge is 0.463 e. The first-order valence-electron chi connectivity index (χ1n) is 4.28. The van der Waals surface area contributed by atoms with E-state index < -0.39 is 16.0 Å². The molecular formula is C7H11N4O4S. The molecule has 0 saturated carbocycles. The molecule has 0 unspecified atom stereocenters. The molecule has 0 atom stereocenters. The number of nitrogens with one attached hydrogen (secondary N) is 1. The van der Waals surface area contributed by atoms with Crippen molar-refractivity contribution in [2.24, 2.45) is 0 Å². The lowest BCUT2D eigenvalue weighted by Gasteiger charge is -2.04. The molecular weight excluding hydrogens is 236 g/mol. The van der Waals surface area contributed by atoms with Crippen LogP contribution in [-0.2, 0) is 21.3 Å². The van der Waals surface area contributed by atoms with Gasteiger partial charge in [-0.3, -0.25) is 4.57 Å². The van der Waals surface area contributed by atoms with Crippen molar-refractivity contribution in [1.82, 2.24) is 19.5 Å². The smallest absolute Gasteiger partial charge is 0.376 e. The Kier molecular flexibility index (Phi) is 3.96. The topological polar surface area (TPSA) is 103 Å². The molecule has 1 N–H and O–H groups in total. The maximum absolute atomic E-state index is 11.2. The highest BCUT2D eigenvalue weighted by Crippen LogP contribution is 1.96. The third kappa shape index (κ3) is 3.59. The number of esters is 1. The van der Waals surface area contributed by atoms with Gasteiger partial charge in [0.25, 0.3) is 0 Å². The molecule has 16 heavy (non-hydrogen) atoms. The predicted molar refractivity (Wildman–Crippen MR) is 53.0 cm³/mol. The van der Waals surface area contributed by atoms with Gasteiger partial charge in [-0.15, -0.1) is 10.2 Å². The fourth-order valence-electron chi connectivity index (χ4n) is 0.966. The van der Waals surface area contributed by atoms with Crippen LogP contribution in [0.5, 0.6) is 0 Å². The summed E-state index contributed by atoms with van der Waals surface area (Å²) in [7, 11) is -2.03. The van der Waals surface area contributed by atoms with E-state index >= 15 is 0 Å². The van der Waals surface area contributed by atoms with Crippen molar-refractivity contribution in [1.29, 1.82) is 0 Å². The summed E-state index contributed by atoms with van der Waals surface area (Å²) in [4.78, 5) is 11.2. The molecule has 9 heteroatoms. The molecule has 0 amide bonds. The molecule has 0 bridgehead atoms. The van der Waals surface area contributed by atoms with E-state index in [0.29, 0.717) is 0 Å². The number of carbonyl (C=O) groups is 1. The maximum Gasteiger partial charge on any atom is 0.376 e. The van der Waals surface area contributed by atoms with Crippen molar-refractivity contribution < 1.29 is 17.9 Å². The zero-order chi connectivity index (χ0) is 12.2. The Bertz CT molecular complexity index is 466. The molecule has 89 valence electrons. The molecule has 8 nitrogen and oxygen atoms in total. The Morgan fingerprint density at radius 3 is 2.88 bits per heavy atom. The van der Waals surface area contributed by atoms with Gasteiger partial charge in [0.15, 0.2) is 0 Å². The SMILES string of the molecule is COC(=O)c1nn[c]n1CCNS(C)(=O)=O. The zero-order valence-corrected chi connectivity index (χ0v) is 9.61. The molecule has 1 aromatic heterocycles. The molecule has 1 radical (unpaired) electrons. The Morgan fingerprint density at radius 1 is 1.62 bits per heavy atom. The second-order valence-corrected chi connectivity index (χ2v) is 4.77. The second-order valence-electron chi connectivity index (χ2n) is 2.93. The number of rotatable bonds is 5. The van der Waals surface area contributed by atoms with Crippen molar-refractivity contribution in [3.8, 4) is 0 Å². The predicted octanol–water partition coefficient (Wildman–Crippen LogP) is -1.59. The number of hydrogen-bond acceptors (Lipinski definition) is 6. The lowest BCUT2D eigenvalue weighted by atomic mass is 10.5. The lowest BCUT2D eigenvalue weighted by molar-refractivity contribution is 0.0580. The van der Waals surface area contributed by atoms with Crippen LogP contribution in [0.15, 0.2) is 0 Å². The van der Waals surface area contributed by atoms with Crippen LogP contribution in [0.4, 0.5) is 0 Å². The Hall–Kier alpha value is -1.48. The van der Waals surface area contributed by atoms with Crippen molar-refractivity contribution in [2.45, 2.75) is 6.54 Å². The van der Waals surface area contributed by atoms with Crippen molar-refractivity contribution in [2.75, 3.05) is 19.9 Å². The standard InChI is InChI=1S/C7H11N4O4S/c1-15-7(12)6-10-8-5-11(6)4-3-9-16(2,13)14/h9H,3-4H2,1-2H3. The quantitative estimate of drug-likeness (QED) is 0.629. The summed E-state index contributed by atoms with van der Waals surface area (Å²) in [5, 5.41) is 6.92. The molecule has 0 fully saturated rings. The van der Waals surface area contributed by atoms with Crippen molar-refractivity contribution >= 4 is 16.0 Å². The van der Waals surface area contributed by atoms with Crippen molar-refractivity contribution in [3.05, 3.63) is 12.2 Å². The van der Waals surface area contributed by atoms with Gasteiger partial charge in [-0.2, -0.15) is 0 Å². The lowest BCUT2D eigenvalue weighted by Crippen LogP contribution is -2.27. The molecule has 0 saturated heterocycles. The van der Waals surface area contributed by atoms with E-state index in [1.54, 1.807) is 0 Å². The summed E-state index contributed by atoms with van der Waals surface area (Å²) in [6.45, 7) is 0.321. The highest BCUT2D eigenvalue weighted by Gasteiger charge is 2.14. The average Bonchev–Trinajstić information content (AvgIpc) is 2.63. The minimum atomic E-state index is -3.25. The van der Waals surface area contributed by atoms with Crippen LogP contribution in [0.25, 0.3) is 0 Å². The van der Waals surface area contributed by atoms with Crippen LogP contribution >= 0.6 is 0 Å². The first-order valence-corrected chi connectivity index (χ1v) is 6.17. The van der Waals surface area contributed by atoms with E-state index in [-0.39, 0.29) is 18.9 Å². The third-order valence-electron chi connectivity index (χ3n) is 1.63. The van der Waals surface area contributed by atoms with Crippen LogP contribution < -0.4 is 4.72 Å². The monoisotopic (exact) mass is 247 g/mol. The summed E-state index contributed by atoms with van der Waals surface area (Å²) in [6.07, 6.45) is 3.47. The molecule has 0 spiro atoms. The Labute approximate surface area is 92.7 Å². The van der Waals surface area contributed by atoms with Crippen molar-refractivity contribution in [3.63, 3.8) is 0 Å².